The number of methoxy groups -OCH3 is 1. The van der Waals surface area contributed by atoms with Gasteiger partial charge in [-0.15, -0.1) is 0 Å². The van der Waals surface area contributed by atoms with Gasteiger partial charge in [0.15, 0.2) is 0 Å². The molecule has 1 N–H and O–H groups in total. The Morgan fingerprint density at radius 3 is 2.58 bits per heavy atom. The number of anilines is 1. The summed E-state index contributed by atoms with van der Waals surface area (Å²) in [6.45, 7) is 2.34. The number of carboxylic acid groups (broad SMARTS) is 1. The van der Waals surface area contributed by atoms with E-state index in [0.717, 1.165) is 5.69 Å². The number of amides is 2. The highest BCUT2D eigenvalue weighted by Gasteiger charge is 2.29. The fraction of sp³-hybridized carbons (Fsp3) is 0.385. The molecule has 0 bridgehead atoms. The molecule has 1 fully saturated rings. The molecule has 2 amide bonds. The van der Waals surface area contributed by atoms with Crippen molar-refractivity contribution < 1.29 is 19.4 Å². The first-order chi connectivity index (χ1) is 9.13. The Bertz CT molecular complexity index is 472. The molecule has 6 heteroatoms. The molecule has 2 rings (SSSR count). The minimum Gasteiger partial charge on any atom is -0.478 e. The van der Waals surface area contributed by atoms with Gasteiger partial charge in [0.25, 0.3) is 0 Å². The number of carbonyl (C=O) groups excluding carboxylic acids is 1. The molecule has 1 saturated heterocycles. The number of nitrogens with zero attached hydrogens (tertiary/aromatic N) is 2. The van der Waals surface area contributed by atoms with Crippen molar-refractivity contribution in [3.05, 3.63) is 29.8 Å². The predicted octanol–water partition coefficient (Wildman–Crippen LogP) is 1.27. The minimum absolute atomic E-state index is 0.0693. The van der Waals surface area contributed by atoms with Gasteiger partial charge in [-0.25, -0.2) is 9.59 Å². The fourth-order valence-corrected chi connectivity index (χ4v) is 2.02. The molecule has 1 aromatic rings. The number of rotatable bonds is 5. The second-order valence-electron chi connectivity index (χ2n) is 4.27. The molecule has 0 atom stereocenters. The van der Waals surface area contributed by atoms with Gasteiger partial charge in [-0.3, -0.25) is 4.90 Å². The number of ether oxygens (including phenoxy) is 1. The maximum atomic E-state index is 12.1. The van der Waals surface area contributed by atoms with Crippen molar-refractivity contribution in [3.8, 4) is 0 Å². The van der Waals surface area contributed by atoms with Crippen LogP contribution in [0.5, 0.6) is 0 Å². The molecule has 102 valence electrons. The molecular weight excluding hydrogens is 248 g/mol. The number of benzene rings is 1. The SMILES string of the molecule is COCCN1CCN(c2ccc(C(=O)O)cc2)C1=O. The number of urea groups is 1. The lowest BCUT2D eigenvalue weighted by molar-refractivity contribution is 0.0697. The predicted molar refractivity (Wildman–Crippen MR) is 69.6 cm³/mol. The van der Waals surface area contributed by atoms with Crippen molar-refractivity contribution in [2.24, 2.45) is 0 Å². The van der Waals surface area contributed by atoms with E-state index >= 15 is 0 Å². The number of carbonyl (C=O) groups is 2. The maximum Gasteiger partial charge on any atom is 0.335 e. The molecule has 1 aliphatic rings. The third-order valence-corrected chi connectivity index (χ3v) is 3.09. The first-order valence-electron chi connectivity index (χ1n) is 6.02. The number of aromatic carboxylic acids is 1. The normalized spacial score (nSPS) is 15.1. The molecule has 1 heterocycles. The highest BCUT2D eigenvalue weighted by molar-refractivity contribution is 5.95. The van der Waals surface area contributed by atoms with Gasteiger partial charge in [0.2, 0.25) is 0 Å². The average Bonchev–Trinajstić information content (AvgIpc) is 2.78. The van der Waals surface area contributed by atoms with E-state index in [9.17, 15) is 9.59 Å². The van der Waals surface area contributed by atoms with Crippen molar-refractivity contribution >= 4 is 17.7 Å². The molecule has 1 aromatic carbocycles. The first-order valence-corrected chi connectivity index (χ1v) is 6.02. The van der Waals surface area contributed by atoms with E-state index in [-0.39, 0.29) is 11.6 Å². The zero-order valence-corrected chi connectivity index (χ0v) is 10.7. The molecule has 1 aliphatic heterocycles. The van der Waals surface area contributed by atoms with Gasteiger partial charge >= 0.3 is 12.0 Å². The minimum atomic E-state index is -0.971. The molecule has 19 heavy (non-hydrogen) atoms. The summed E-state index contributed by atoms with van der Waals surface area (Å²) in [7, 11) is 1.60. The summed E-state index contributed by atoms with van der Waals surface area (Å²) in [5.41, 5.74) is 0.932. The lowest BCUT2D eigenvalue weighted by Crippen LogP contribution is -2.33. The van der Waals surface area contributed by atoms with Crippen LogP contribution in [0.25, 0.3) is 0 Å². The highest BCUT2D eigenvalue weighted by Crippen LogP contribution is 2.20. The van der Waals surface area contributed by atoms with Crippen LogP contribution in [0.3, 0.4) is 0 Å². The smallest absolute Gasteiger partial charge is 0.335 e. The monoisotopic (exact) mass is 264 g/mol. The molecule has 0 unspecified atom stereocenters. The molecule has 0 saturated carbocycles. The standard InChI is InChI=1S/C13H16N2O4/c1-19-9-8-14-6-7-15(13(14)18)11-4-2-10(3-5-11)12(16)17/h2-5H,6-9H2,1H3,(H,16,17). The third-order valence-electron chi connectivity index (χ3n) is 3.09. The van der Waals surface area contributed by atoms with Crippen LogP contribution in [0.2, 0.25) is 0 Å². The lowest BCUT2D eigenvalue weighted by atomic mass is 10.2. The average molecular weight is 264 g/mol. The Morgan fingerprint density at radius 1 is 1.32 bits per heavy atom. The molecular formula is C13H16N2O4. The second-order valence-corrected chi connectivity index (χ2v) is 4.27. The van der Waals surface area contributed by atoms with Gasteiger partial charge in [-0.1, -0.05) is 0 Å². The Balaban J connectivity index is 2.06. The van der Waals surface area contributed by atoms with Gasteiger partial charge in [-0.05, 0) is 24.3 Å². The van der Waals surface area contributed by atoms with Gasteiger partial charge in [0, 0.05) is 32.4 Å². The van der Waals surface area contributed by atoms with Crippen molar-refractivity contribution in [2.45, 2.75) is 0 Å². The van der Waals surface area contributed by atoms with Crippen molar-refractivity contribution in [2.75, 3.05) is 38.3 Å². The molecule has 0 radical (unpaired) electrons. The summed E-state index contributed by atoms with van der Waals surface area (Å²) in [4.78, 5) is 26.2. The van der Waals surface area contributed by atoms with E-state index in [0.29, 0.717) is 26.2 Å². The van der Waals surface area contributed by atoms with E-state index < -0.39 is 5.97 Å². The van der Waals surface area contributed by atoms with Gasteiger partial charge in [-0.2, -0.15) is 0 Å². The van der Waals surface area contributed by atoms with Crippen LogP contribution in [0, 0.1) is 0 Å². The third kappa shape index (κ3) is 2.85. The van der Waals surface area contributed by atoms with Crippen molar-refractivity contribution in [3.63, 3.8) is 0 Å². The quantitative estimate of drug-likeness (QED) is 0.869. The first kappa shape index (κ1) is 13.4. The zero-order valence-electron chi connectivity index (χ0n) is 10.7. The van der Waals surface area contributed by atoms with E-state index in [4.69, 9.17) is 9.84 Å². The van der Waals surface area contributed by atoms with Crippen LogP contribution >= 0.6 is 0 Å². The Kier molecular flexibility index (Phi) is 4.01. The topological polar surface area (TPSA) is 70.1 Å². The second kappa shape index (κ2) is 5.71. The van der Waals surface area contributed by atoms with E-state index in [1.165, 1.54) is 12.1 Å². The molecule has 0 aliphatic carbocycles. The molecule has 0 spiro atoms. The van der Waals surface area contributed by atoms with Gasteiger partial charge < -0.3 is 14.7 Å². The maximum absolute atomic E-state index is 12.1. The van der Waals surface area contributed by atoms with Gasteiger partial charge in [0.05, 0.1) is 12.2 Å². The largest absolute Gasteiger partial charge is 0.478 e. The van der Waals surface area contributed by atoms with Crippen molar-refractivity contribution in [1.82, 2.24) is 4.90 Å². The van der Waals surface area contributed by atoms with E-state index in [1.54, 1.807) is 29.0 Å². The zero-order chi connectivity index (χ0) is 13.8. The van der Waals surface area contributed by atoms with Crippen LogP contribution in [0.15, 0.2) is 24.3 Å². The Labute approximate surface area is 111 Å². The van der Waals surface area contributed by atoms with Crippen molar-refractivity contribution in [1.29, 1.82) is 0 Å². The van der Waals surface area contributed by atoms with E-state index in [2.05, 4.69) is 0 Å². The Hall–Kier alpha value is -2.08. The number of carboxylic acids is 1. The summed E-state index contributed by atoms with van der Waals surface area (Å²) >= 11 is 0. The summed E-state index contributed by atoms with van der Waals surface area (Å²) in [6, 6.07) is 6.24. The molecule has 0 aromatic heterocycles. The highest BCUT2D eigenvalue weighted by atomic mass is 16.5. The summed E-state index contributed by atoms with van der Waals surface area (Å²) in [5.74, 6) is -0.971. The molecule has 6 nitrogen and oxygen atoms in total. The lowest BCUT2D eigenvalue weighted by Gasteiger charge is -2.18. The van der Waals surface area contributed by atoms with Crippen LogP contribution in [0.1, 0.15) is 10.4 Å². The van der Waals surface area contributed by atoms with Gasteiger partial charge in [0.1, 0.15) is 0 Å². The number of hydrogen-bond acceptors (Lipinski definition) is 3. The fourth-order valence-electron chi connectivity index (χ4n) is 2.02. The van der Waals surface area contributed by atoms with Crippen LogP contribution in [-0.2, 0) is 4.74 Å². The van der Waals surface area contributed by atoms with Crippen LogP contribution in [0.4, 0.5) is 10.5 Å². The van der Waals surface area contributed by atoms with Crippen LogP contribution in [-0.4, -0.2) is 55.4 Å². The Morgan fingerprint density at radius 2 is 2.00 bits per heavy atom. The summed E-state index contributed by atoms with van der Waals surface area (Å²) < 4.78 is 4.96. The summed E-state index contributed by atoms with van der Waals surface area (Å²) in [6.07, 6.45) is 0. The van der Waals surface area contributed by atoms with E-state index in [1.807, 2.05) is 0 Å². The number of hydrogen-bond donors (Lipinski definition) is 1. The van der Waals surface area contributed by atoms with Crippen LogP contribution < -0.4 is 4.90 Å². The summed E-state index contributed by atoms with van der Waals surface area (Å²) in [5, 5.41) is 8.83.